The summed E-state index contributed by atoms with van der Waals surface area (Å²) in [7, 11) is 0. The van der Waals surface area contributed by atoms with E-state index in [-0.39, 0.29) is 22.2 Å². The third-order valence-corrected chi connectivity index (χ3v) is 3.18. The molecule has 0 atom stereocenters. The van der Waals surface area contributed by atoms with Crippen molar-refractivity contribution in [3.63, 3.8) is 0 Å². The van der Waals surface area contributed by atoms with E-state index in [2.05, 4.69) is 15.9 Å². The Balaban J connectivity index is 2.44. The maximum absolute atomic E-state index is 13.6. The highest BCUT2D eigenvalue weighted by atomic mass is 79.9. The third-order valence-electron chi connectivity index (χ3n) is 2.60. The van der Waals surface area contributed by atoms with E-state index >= 15 is 0 Å². The Hall–Kier alpha value is -0.810. The quantitative estimate of drug-likeness (QED) is 0.725. The molecule has 0 saturated heterocycles. The van der Waals surface area contributed by atoms with Crippen molar-refractivity contribution in [3.05, 3.63) is 21.9 Å². The molecule has 0 aromatic heterocycles. The molecule has 0 heterocycles. The number of aromatic hydroxyl groups is 2. The van der Waals surface area contributed by atoms with Gasteiger partial charge in [0.15, 0.2) is 11.5 Å². The van der Waals surface area contributed by atoms with E-state index in [9.17, 15) is 19.7 Å². The van der Waals surface area contributed by atoms with Gasteiger partial charge in [0.1, 0.15) is 5.82 Å². The van der Waals surface area contributed by atoms with Gasteiger partial charge in [0.05, 0.1) is 10.1 Å². The van der Waals surface area contributed by atoms with Crippen molar-refractivity contribution in [1.82, 2.24) is 0 Å². The highest BCUT2D eigenvalue weighted by Gasteiger charge is 2.42. The zero-order valence-corrected chi connectivity index (χ0v) is 9.38. The molecule has 5 heteroatoms. The van der Waals surface area contributed by atoms with Crippen LogP contribution < -0.4 is 0 Å². The van der Waals surface area contributed by atoms with Crippen molar-refractivity contribution in [2.24, 2.45) is 0 Å². The van der Waals surface area contributed by atoms with Gasteiger partial charge in [-0.15, -0.1) is 0 Å². The van der Waals surface area contributed by atoms with E-state index in [0.717, 1.165) is 6.07 Å². The van der Waals surface area contributed by atoms with Gasteiger partial charge >= 0.3 is 0 Å². The number of phenolic OH excluding ortho intramolecular Hbond substituents is 2. The Labute approximate surface area is 94.3 Å². The summed E-state index contributed by atoms with van der Waals surface area (Å²) in [5, 5.41) is 28.4. The molecule has 0 radical (unpaired) electrons. The van der Waals surface area contributed by atoms with Crippen LogP contribution in [-0.2, 0) is 6.42 Å². The average molecular weight is 277 g/mol. The van der Waals surface area contributed by atoms with E-state index in [0.29, 0.717) is 12.8 Å². The summed E-state index contributed by atoms with van der Waals surface area (Å²) in [4.78, 5) is 0. The molecular weight excluding hydrogens is 267 g/mol. The molecule has 82 valence electrons. The highest BCUT2D eigenvalue weighted by Crippen LogP contribution is 2.44. The Morgan fingerprint density at radius 3 is 2.53 bits per heavy atom. The van der Waals surface area contributed by atoms with Gasteiger partial charge < -0.3 is 15.3 Å². The van der Waals surface area contributed by atoms with Crippen LogP contribution in [0.15, 0.2) is 10.5 Å². The molecule has 1 aliphatic rings. The molecule has 0 amide bonds. The Morgan fingerprint density at radius 2 is 2.00 bits per heavy atom. The summed E-state index contributed by atoms with van der Waals surface area (Å²) in [6.45, 7) is 0. The molecule has 0 aliphatic heterocycles. The predicted octanol–water partition coefficient (Wildman–Crippen LogP) is 2.07. The molecule has 3 N–H and O–H groups in total. The number of hydrogen-bond donors (Lipinski definition) is 3. The lowest BCUT2D eigenvalue weighted by Gasteiger charge is -2.12. The molecule has 3 nitrogen and oxygen atoms in total. The van der Waals surface area contributed by atoms with E-state index in [4.69, 9.17) is 0 Å². The van der Waals surface area contributed by atoms with Gasteiger partial charge in [0.25, 0.3) is 0 Å². The first-order chi connectivity index (χ1) is 6.93. The normalized spacial score (nSPS) is 17.8. The minimum absolute atomic E-state index is 0.0255. The second-order valence-electron chi connectivity index (χ2n) is 3.92. The van der Waals surface area contributed by atoms with Crippen molar-refractivity contribution in [3.8, 4) is 11.5 Å². The first kappa shape index (κ1) is 10.7. The topological polar surface area (TPSA) is 60.7 Å². The van der Waals surface area contributed by atoms with Crippen LogP contribution in [0.25, 0.3) is 0 Å². The van der Waals surface area contributed by atoms with E-state index in [1.54, 1.807) is 0 Å². The SMILES string of the molecule is Oc1cc(Br)c(F)c(CC2(O)CC2)c1O. The number of phenols is 2. The summed E-state index contributed by atoms with van der Waals surface area (Å²) in [5.74, 6) is -1.51. The fourth-order valence-electron chi connectivity index (χ4n) is 1.47. The lowest BCUT2D eigenvalue weighted by Crippen LogP contribution is -2.12. The molecule has 1 aliphatic carbocycles. The molecule has 0 unspecified atom stereocenters. The van der Waals surface area contributed by atoms with Crippen molar-refractivity contribution in [1.29, 1.82) is 0 Å². The van der Waals surface area contributed by atoms with Crippen LogP contribution in [0.3, 0.4) is 0 Å². The predicted molar refractivity (Wildman–Crippen MR) is 55.3 cm³/mol. The van der Waals surface area contributed by atoms with E-state index in [1.807, 2.05) is 0 Å². The first-order valence-electron chi connectivity index (χ1n) is 4.54. The molecular formula is C10H10BrFO3. The van der Waals surface area contributed by atoms with Crippen LogP contribution in [0.5, 0.6) is 11.5 Å². The molecule has 1 aromatic rings. The van der Waals surface area contributed by atoms with Crippen LogP contribution in [0.1, 0.15) is 18.4 Å². The Kier molecular flexibility index (Phi) is 2.39. The van der Waals surface area contributed by atoms with Crippen molar-refractivity contribution in [2.75, 3.05) is 0 Å². The standard InChI is InChI=1S/C10H10BrFO3/c11-6-3-7(13)9(14)5(8(6)12)4-10(15)1-2-10/h3,13-15H,1-2,4H2. The second-order valence-corrected chi connectivity index (χ2v) is 4.77. The first-order valence-corrected chi connectivity index (χ1v) is 5.33. The van der Waals surface area contributed by atoms with Gasteiger partial charge in [-0.2, -0.15) is 0 Å². The Bertz CT molecular complexity index is 389. The largest absolute Gasteiger partial charge is 0.504 e. The number of aliphatic hydroxyl groups is 1. The van der Waals surface area contributed by atoms with Crippen LogP contribution in [0.4, 0.5) is 4.39 Å². The van der Waals surface area contributed by atoms with Crippen LogP contribution in [0, 0.1) is 5.82 Å². The molecule has 1 fully saturated rings. The van der Waals surface area contributed by atoms with Gasteiger partial charge in [0, 0.05) is 18.1 Å². The zero-order chi connectivity index (χ0) is 11.2. The molecule has 1 aromatic carbocycles. The van der Waals surface area contributed by atoms with Crippen molar-refractivity contribution in [2.45, 2.75) is 24.9 Å². The zero-order valence-electron chi connectivity index (χ0n) is 7.80. The average Bonchev–Trinajstić information content (AvgIpc) is 2.89. The highest BCUT2D eigenvalue weighted by molar-refractivity contribution is 9.10. The maximum atomic E-state index is 13.6. The van der Waals surface area contributed by atoms with E-state index in [1.165, 1.54) is 0 Å². The smallest absolute Gasteiger partial charge is 0.163 e. The van der Waals surface area contributed by atoms with Crippen molar-refractivity contribution < 1.29 is 19.7 Å². The van der Waals surface area contributed by atoms with Gasteiger partial charge in [-0.05, 0) is 28.8 Å². The van der Waals surface area contributed by atoms with Gasteiger partial charge in [-0.1, -0.05) is 0 Å². The van der Waals surface area contributed by atoms with Crippen LogP contribution >= 0.6 is 15.9 Å². The molecule has 15 heavy (non-hydrogen) atoms. The third kappa shape index (κ3) is 1.94. The van der Waals surface area contributed by atoms with Gasteiger partial charge in [0.2, 0.25) is 0 Å². The minimum atomic E-state index is -0.911. The lowest BCUT2D eigenvalue weighted by atomic mass is 10.0. The summed E-state index contributed by atoms with van der Waals surface area (Å²) >= 11 is 2.93. The molecule has 0 spiro atoms. The summed E-state index contributed by atoms with van der Waals surface area (Å²) < 4.78 is 13.7. The van der Waals surface area contributed by atoms with Gasteiger partial charge in [-0.3, -0.25) is 0 Å². The maximum Gasteiger partial charge on any atom is 0.163 e. The lowest BCUT2D eigenvalue weighted by molar-refractivity contribution is 0.148. The van der Waals surface area contributed by atoms with Crippen molar-refractivity contribution >= 4 is 15.9 Å². The number of halogens is 2. The fraction of sp³-hybridized carbons (Fsp3) is 0.400. The number of hydrogen-bond acceptors (Lipinski definition) is 3. The molecule has 2 rings (SSSR count). The summed E-state index contributed by atoms with van der Waals surface area (Å²) in [6.07, 6.45) is 1.22. The number of benzene rings is 1. The monoisotopic (exact) mass is 276 g/mol. The number of rotatable bonds is 2. The minimum Gasteiger partial charge on any atom is -0.504 e. The summed E-state index contributed by atoms with van der Waals surface area (Å²) in [5.41, 5.74) is -0.951. The van der Waals surface area contributed by atoms with Crippen LogP contribution in [-0.4, -0.2) is 20.9 Å². The Morgan fingerprint density at radius 1 is 1.40 bits per heavy atom. The molecule has 1 saturated carbocycles. The van der Waals surface area contributed by atoms with Gasteiger partial charge in [-0.25, -0.2) is 4.39 Å². The summed E-state index contributed by atoms with van der Waals surface area (Å²) in [6, 6.07) is 1.09. The fourth-order valence-corrected chi connectivity index (χ4v) is 1.92. The van der Waals surface area contributed by atoms with Crippen LogP contribution in [0.2, 0.25) is 0 Å². The van der Waals surface area contributed by atoms with E-state index < -0.39 is 17.2 Å². The second kappa shape index (κ2) is 3.35. The molecule has 0 bridgehead atoms.